The number of anilines is 3. The van der Waals surface area contributed by atoms with E-state index in [1.807, 2.05) is 38.1 Å². The number of nitrogens with zero attached hydrogens (tertiary/aromatic N) is 6. The number of nitrogens with one attached hydrogen (secondary N) is 3. The Morgan fingerprint density at radius 3 is 2.38 bits per heavy atom. The van der Waals surface area contributed by atoms with Gasteiger partial charge in [0.15, 0.2) is 11.6 Å². The number of nitro groups is 1. The maximum absolute atomic E-state index is 11.3. The summed E-state index contributed by atoms with van der Waals surface area (Å²) in [6.45, 7) is 5.58. The lowest BCUT2D eigenvalue weighted by Gasteiger charge is -2.11. The third-order valence-electron chi connectivity index (χ3n) is 5.49. The summed E-state index contributed by atoms with van der Waals surface area (Å²) in [6, 6.07) is 14.5. The number of fused-ring (bicyclic) bond motifs is 1. The maximum Gasteiger partial charge on any atom is 0.273 e. The van der Waals surface area contributed by atoms with Gasteiger partial charge < -0.3 is 4.42 Å². The van der Waals surface area contributed by atoms with E-state index in [1.165, 1.54) is 12.3 Å². The number of nitro benzene ring substituents is 1. The van der Waals surface area contributed by atoms with Crippen LogP contribution in [0.4, 0.5) is 23.0 Å². The maximum atomic E-state index is 11.3. The van der Waals surface area contributed by atoms with Crippen LogP contribution in [0.5, 0.6) is 0 Å². The van der Waals surface area contributed by atoms with Crippen LogP contribution in [0.3, 0.4) is 0 Å². The van der Waals surface area contributed by atoms with Gasteiger partial charge in [0.2, 0.25) is 11.3 Å². The van der Waals surface area contributed by atoms with E-state index >= 15 is 0 Å². The Morgan fingerprint density at radius 2 is 1.65 bits per heavy atom. The highest BCUT2D eigenvalue weighted by atomic mass is 16.6. The van der Waals surface area contributed by atoms with Crippen LogP contribution in [0.15, 0.2) is 62.7 Å². The van der Waals surface area contributed by atoms with E-state index in [9.17, 15) is 10.1 Å². The number of hydrazone groups is 1. The van der Waals surface area contributed by atoms with Gasteiger partial charge in [-0.15, -0.1) is 0 Å². The highest BCUT2D eigenvalue weighted by Gasteiger charge is 2.17. The molecule has 0 radical (unpaired) electrons. The van der Waals surface area contributed by atoms with Gasteiger partial charge in [0.25, 0.3) is 5.69 Å². The Labute approximate surface area is 209 Å². The van der Waals surface area contributed by atoms with Gasteiger partial charge in [0.1, 0.15) is 11.5 Å². The summed E-state index contributed by atoms with van der Waals surface area (Å²) in [5.74, 6) is 1.48. The summed E-state index contributed by atoms with van der Waals surface area (Å²) in [5, 5.41) is 23.0. The average molecular weight is 499 g/mol. The second-order valence-electron chi connectivity index (χ2n) is 8.23. The summed E-state index contributed by atoms with van der Waals surface area (Å²) in [7, 11) is 0. The van der Waals surface area contributed by atoms with Crippen molar-refractivity contribution in [1.29, 1.82) is 0 Å². The van der Waals surface area contributed by atoms with Crippen molar-refractivity contribution < 1.29 is 14.0 Å². The second-order valence-corrected chi connectivity index (χ2v) is 8.23. The molecule has 0 fully saturated rings. The molecule has 0 amide bonds. The molecule has 37 heavy (non-hydrogen) atoms. The summed E-state index contributed by atoms with van der Waals surface area (Å²) >= 11 is 0. The molecule has 3 aromatic heterocycles. The predicted octanol–water partition coefficient (Wildman–Crippen LogP) is 4.99. The molecule has 5 aromatic rings. The zero-order valence-electron chi connectivity index (χ0n) is 20.0. The lowest BCUT2D eigenvalue weighted by atomic mass is 10.0. The zero-order valence-corrected chi connectivity index (χ0v) is 20.0. The van der Waals surface area contributed by atoms with Crippen molar-refractivity contribution >= 4 is 40.5 Å². The molecule has 13 nitrogen and oxygen atoms in total. The van der Waals surface area contributed by atoms with E-state index in [4.69, 9.17) is 9.05 Å². The van der Waals surface area contributed by atoms with Crippen LogP contribution in [0, 0.1) is 30.9 Å². The normalized spacial score (nSPS) is 11.2. The van der Waals surface area contributed by atoms with Gasteiger partial charge >= 0.3 is 0 Å². The van der Waals surface area contributed by atoms with Crippen LogP contribution >= 0.6 is 0 Å². The summed E-state index contributed by atoms with van der Waals surface area (Å²) in [4.78, 5) is 19.6. The van der Waals surface area contributed by atoms with Crippen molar-refractivity contribution in [2.75, 3.05) is 16.3 Å². The first-order valence-electron chi connectivity index (χ1n) is 11.1. The molecule has 3 N–H and O–H groups in total. The number of hydrogen-bond acceptors (Lipinski definition) is 12. The van der Waals surface area contributed by atoms with Gasteiger partial charge in [-0.2, -0.15) is 15.1 Å². The van der Waals surface area contributed by atoms with Crippen LogP contribution in [-0.2, 0) is 0 Å². The molecule has 13 heteroatoms. The van der Waals surface area contributed by atoms with Gasteiger partial charge in [-0.25, -0.2) is 4.63 Å². The van der Waals surface area contributed by atoms with E-state index < -0.39 is 4.92 Å². The van der Waals surface area contributed by atoms with Crippen molar-refractivity contribution in [3.8, 4) is 11.3 Å². The Balaban J connectivity index is 1.35. The number of hydrazine groups is 1. The van der Waals surface area contributed by atoms with Gasteiger partial charge in [-0.3, -0.25) is 26.4 Å². The molecule has 0 aliphatic carbocycles. The first-order valence-corrected chi connectivity index (χ1v) is 11.1. The van der Waals surface area contributed by atoms with Crippen molar-refractivity contribution in [3.63, 3.8) is 0 Å². The lowest BCUT2D eigenvalue weighted by molar-refractivity contribution is -0.385. The fourth-order valence-corrected chi connectivity index (χ4v) is 3.60. The SMILES string of the molecule is Cc1ccc(NNc2nc3nonc3nc2N/N=C/c2ccc(-c3cc([N+](=O)[O-])c(C)cc3C)o2)cc1. The highest BCUT2D eigenvalue weighted by Crippen LogP contribution is 2.31. The Hall–Kier alpha value is -5.33. The fraction of sp³-hybridized carbons (Fsp3) is 0.125. The third kappa shape index (κ3) is 5.05. The first-order chi connectivity index (χ1) is 17.9. The number of furan rings is 1. The molecule has 2 aromatic carbocycles. The first kappa shape index (κ1) is 23.4. The topological polar surface area (TPSA) is 169 Å². The third-order valence-corrected chi connectivity index (χ3v) is 5.49. The minimum Gasteiger partial charge on any atom is -0.455 e. The lowest BCUT2D eigenvalue weighted by Crippen LogP contribution is -2.13. The van der Waals surface area contributed by atoms with Crippen LogP contribution in [-0.4, -0.2) is 31.4 Å². The van der Waals surface area contributed by atoms with Crippen LogP contribution in [0.2, 0.25) is 0 Å². The molecule has 0 aliphatic heterocycles. The smallest absolute Gasteiger partial charge is 0.273 e. The number of rotatable bonds is 8. The molecular weight excluding hydrogens is 478 g/mol. The quantitative estimate of drug-likeness (QED) is 0.149. The summed E-state index contributed by atoms with van der Waals surface area (Å²) < 4.78 is 10.6. The number of benzene rings is 2. The molecule has 3 heterocycles. The van der Waals surface area contributed by atoms with Gasteiger partial charge in [0, 0.05) is 17.2 Å². The van der Waals surface area contributed by atoms with Gasteiger partial charge in [-0.05, 0) is 67.0 Å². The van der Waals surface area contributed by atoms with Crippen LogP contribution in [0.1, 0.15) is 22.5 Å². The standard InChI is InChI=1S/C24H21N9O4/c1-13-4-6-16(7-5-13)28-30-22-21(26-23-24(27-22)32-37-31-23)29-25-12-17-8-9-20(36-17)18-11-19(33(34)35)15(3)10-14(18)2/h4-12,28H,1-3H3,(H,26,29,31)(H,27,30,32)/b25-12+. The Bertz CT molecular complexity index is 1620. The van der Waals surface area contributed by atoms with Crippen LogP contribution < -0.4 is 16.3 Å². The molecule has 0 saturated carbocycles. The van der Waals surface area contributed by atoms with Crippen molar-refractivity contribution in [2.24, 2.45) is 5.10 Å². The largest absolute Gasteiger partial charge is 0.455 e. The summed E-state index contributed by atoms with van der Waals surface area (Å²) in [5.41, 5.74) is 13.3. The summed E-state index contributed by atoms with van der Waals surface area (Å²) in [6.07, 6.45) is 1.45. The second kappa shape index (κ2) is 9.73. The van der Waals surface area contributed by atoms with E-state index in [1.54, 1.807) is 25.1 Å². The Morgan fingerprint density at radius 1 is 0.919 bits per heavy atom. The predicted molar refractivity (Wildman–Crippen MR) is 137 cm³/mol. The van der Waals surface area contributed by atoms with E-state index in [0.717, 1.165) is 16.8 Å². The molecule has 186 valence electrons. The molecule has 0 unspecified atom stereocenters. The van der Waals surface area contributed by atoms with Crippen molar-refractivity contribution in [2.45, 2.75) is 20.8 Å². The number of aromatic nitrogens is 4. The average Bonchev–Trinajstić information content (AvgIpc) is 3.52. The number of hydrogen-bond donors (Lipinski definition) is 3. The monoisotopic (exact) mass is 499 g/mol. The van der Waals surface area contributed by atoms with Crippen molar-refractivity contribution in [3.05, 3.63) is 81.1 Å². The molecule has 0 saturated heterocycles. The highest BCUT2D eigenvalue weighted by molar-refractivity contribution is 5.80. The van der Waals surface area contributed by atoms with Crippen LogP contribution in [0.25, 0.3) is 22.6 Å². The molecule has 5 rings (SSSR count). The minimum atomic E-state index is -0.408. The van der Waals surface area contributed by atoms with Crippen molar-refractivity contribution in [1.82, 2.24) is 20.3 Å². The zero-order chi connectivity index (χ0) is 25.9. The molecular formula is C24H21N9O4. The number of aryl methyl sites for hydroxylation is 3. The van der Waals surface area contributed by atoms with Gasteiger partial charge in [0.05, 0.1) is 16.8 Å². The van der Waals surface area contributed by atoms with E-state index in [0.29, 0.717) is 28.5 Å². The van der Waals surface area contributed by atoms with E-state index in [2.05, 4.69) is 41.7 Å². The van der Waals surface area contributed by atoms with Gasteiger partial charge in [-0.1, -0.05) is 17.7 Å². The molecule has 0 spiro atoms. The molecule has 0 atom stereocenters. The fourth-order valence-electron chi connectivity index (χ4n) is 3.60. The minimum absolute atomic E-state index is 0.0319. The molecule has 0 bridgehead atoms. The van der Waals surface area contributed by atoms with E-state index in [-0.39, 0.29) is 22.8 Å². The molecule has 0 aliphatic rings. The Kier molecular flexibility index (Phi) is 6.16.